The van der Waals surface area contributed by atoms with Crippen molar-refractivity contribution in [1.29, 1.82) is 0 Å². The number of fused-ring (bicyclic) bond motifs is 3. The Hall–Kier alpha value is -4.15. The summed E-state index contributed by atoms with van der Waals surface area (Å²) in [6.45, 7) is 16.2. The smallest absolute Gasteiger partial charge is 0.120 e. The second-order valence-electron chi connectivity index (χ2n) is 14.5. The Morgan fingerprint density at radius 3 is 2.18 bits per heavy atom. The molecule has 0 amide bonds. The second kappa shape index (κ2) is 15.2. The van der Waals surface area contributed by atoms with E-state index in [1.165, 1.54) is 21.9 Å². The normalized spacial score (nSPS) is 11.7. The number of furan rings is 1. The van der Waals surface area contributed by atoms with Crippen LogP contribution < -0.4 is 5.19 Å². The molecule has 1 radical (unpaired) electrons. The topological polar surface area (TPSA) is 38.9 Å². The van der Waals surface area contributed by atoms with Crippen LogP contribution in [0.25, 0.3) is 44.5 Å². The molecule has 49 heavy (non-hydrogen) atoms. The van der Waals surface area contributed by atoms with E-state index in [4.69, 9.17) is 4.42 Å². The van der Waals surface area contributed by atoms with E-state index in [0.717, 1.165) is 50.9 Å². The monoisotopic (exact) mass is 837 g/mol. The van der Waals surface area contributed by atoms with E-state index < -0.39 is 8.07 Å². The minimum Gasteiger partial charge on any atom is -0.501 e. The van der Waals surface area contributed by atoms with Crippen molar-refractivity contribution in [2.75, 3.05) is 0 Å². The van der Waals surface area contributed by atoms with Gasteiger partial charge in [0, 0.05) is 43.3 Å². The summed E-state index contributed by atoms with van der Waals surface area (Å²) in [5.41, 5.74) is 9.48. The largest absolute Gasteiger partial charge is 0.501 e. The van der Waals surface area contributed by atoms with Crippen LogP contribution >= 0.6 is 0 Å². The molecule has 3 aromatic heterocycles. The van der Waals surface area contributed by atoms with Crippen molar-refractivity contribution >= 4 is 35.2 Å². The third-order valence-corrected chi connectivity index (χ3v) is 11.0. The number of pyridine rings is 2. The van der Waals surface area contributed by atoms with Gasteiger partial charge in [0.1, 0.15) is 5.58 Å². The fraction of sp³-hybridized carbons (Fsp3) is 0.227. The first kappa shape index (κ1) is 36.1. The number of aromatic nitrogens is 2. The van der Waals surface area contributed by atoms with Crippen LogP contribution in [0.2, 0.25) is 19.6 Å². The molecule has 0 aliphatic heterocycles. The first-order valence-corrected chi connectivity index (χ1v) is 20.3. The fourth-order valence-corrected chi connectivity index (χ4v) is 7.93. The molecule has 251 valence electrons. The number of para-hydroxylation sites is 1. The molecule has 0 fully saturated rings. The summed E-state index contributed by atoms with van der Waals surface area (Å²) >= 11 is 0. The standard InChI is InChI=1S/C26H20NO.C18H24NSi.Ir/c1-26(2,18-9-4-3-5-10-18)19-15-16-27-23(17-19)22-13-8-12-21-20-11-6-7-14-24(20)28-25(21)22;1-14(2)11-16-12-17(15-9-7-6-8-10-15)19-13-18(16)20(3,4)5;/h3-12,14-17H,1-2H3;6-9,12-14H,11H2,1-5H3;/q2*-1;. The minimum absolute atomic E-state index is 0. The van der Waals surface area contributed by atoms with Crippen molar-refractivity contribution in [3.63, 3.8) is 0 Å². The molecular formula is C44H44IrN2OSi-2. The maximum absolute atomic E-state index is 6.18. The zero-order valence-electron chi connectivity index (χ0n) is 29.5. The van der Waals surface area contributed by atoms with Gasteiger partial charge in [-0.1, -0.05) is 125 Å². The van der Waals surface area contributed by atoms with Crippen LogP contribution in [-0.2, 0) is 31.9 Å². The van der Waals surface area contributed by atoms with Gasteiger partial charge in [0.25, 0.3) is 0 Å². The van der Waals surface area contributed by atoms with Gasteiger partial charge in [0.05, 0.1) is 13.7 Å². The van der Waals surface area contributed by atoms with Crippen molar-refractivity contribution in [3.8, 4) is 22.5 Å². The molecule has 0 saturated heterocycles. The SMILES string of the molecule is CC(C)(c1ccccc1)c1ccnc(-c2[c-]ccc3c2oc2ccccc23)c1.CC(C)Cc1cc(-c2[c-]cccc2)ncc1[Si](C)(C)C.[Ir]. The Bertz CT molecular complexity index is 2150. The first-order chi connectivity index (χ1) is 23.0. The van der Waals surface area contributed by atoms with Crippen LogP contribution in [0.15, 0.2) is 126 Å². The molecule has 0 aliphatic rings. The van der Waals surface area contributed by atoms with E-state index in [-0.39, 0.29) is 25.5 Å². The van der Waals surface area contributed by atoms with Crippen molar-refractivity contribution < 1.29 is 24.5 Å². The maximum Gasteiger partial charge on any atom is 0.120 e. The van der Waals surface area contributed by atoms with E-state index in [9.17, 15) is 0 Å². The maximum atomic E-state index is 6.18. The van der Waals surface area contributed by atoms with Crippen molar-refractivity contribution in [1.82, 2.24) is 9.97 Å². The molecule has 0 bridgehead atoms. The Balaban J connectivity index is 0.000000199. The fourth-order valence-electron chi connectivity index (χ4n) is 6.34. The van der Waals surface area contributed by atoms with Crippen molar-refractivity contribution in [2.45, 2.75) is 59.2 Å². The first-order valence-electron chi connectivity index (χ1n) is 16.8. The summed E-state index contributed by atoms with van der Waals surface area (Å²) in [7, 11) is -1.34. The van der Waals surface area contributed by atoms with E-state index >= 15 is 0 Å². The Labute approximate surface area is 306 Å². The van der Waals surface area contributed by atoms with Gasteiger partial charge < -0.3 is 14.4 Å². The van der Waals surface area contributed by atoms with Gasteiger partial charge in [-0.15, -0.1) is 54.1 Å². The number of benzene rings is 4. The minimum atomic E-state index is -1.34. The number of hydrogen-bond acceptors (Lipinski definition) is 3. The van der Waals surface area contributed by atoms with E-state index in [1.54, 1.807) is 0 Å². The summed E-state index contributed by atoms with van der Waals surface area (Å²) in [5.74, 6) is 0.667. The predicted octanol–water partition coefficient (Wildman–Crippen LogP) is 11.1. The predicted molar refractivity (Wildman–Crippen MR) is 204 cm³/mol. The van der Waals surface area contributed by atoms with Gasteiger partial charge in [-0.2, -0.15) is 0 Å². The second-order valence-corrected chi connectivity index (χ2v) is 19.5. The third kappa shape index (κ3) is 8.02. The molecule has 0 atom stereocenters. The summed E-state index contributed by atoms with van der Waals surface area (Å²) in [6, 6.07) is 43.9. The Morgan fingerprint density at radius 1 is 0.735 bits per heavy atom. The van der Waals surface area contributed by atoms with Gasteiger partial charge >= 0.3 is 0 Å². The van der Waals surface area contributed by atoms with Crippen LogP contribution in [0.5, 0.6) is 0 Å². The van der Waals surface area contributed by atoms with Crippen LogP contribution in [-0.4, -0.2) is 18.0 Å². The van der Waals surface area contributed by atoms with Crippen LogP contribution in [0.1, 0.15) is 44.4 Å². The molecule has 0 aliphatic carbocycles. The van der Waals surface area contributed by atoms with Crippen LogP contribution in [0.3, 0.4) is 0 Å². The van der Waals surface area contributed by atoms with Gasteiger partial charge in [-0.05, 0) is 52.2 Å². The number of rotatable bonds is 7. The molecule has 5 heteroatoms. The summed E-state index contributed by atoms with van der Waals surface area (Å²) in [6.07, 6.45) is 5.12. The van der Waals surface area contributed by atoms with E-state index in [2.05, 4.69) is 142 Å². The molecule has 0 saturated carbocycles. The van der Waals surface area contributed by atoms with Gasteiger partial charge in [0.15, 0.2) is 0 Å². The average Bonchev–Trinajstić information content (AvgIpc) is 3.48. The molecular weight excluding hydrogens is 793 g/mol. The third-order valence-electron chi connectivity index (χ3n) is 8.98. The number of nitrogens with zero attached hydrogens (tertiary/aromatic N) is 2. The van der Waals surface area contributed by atoms with Gasteiger partial charge in [0.2, 0.25) is 0 Å². The summed E-state index contributed by atoms with van der Waals surface area (Å²) < 4.78 is 6.18. The van der Waals surface area contributed by atoms with Crippen LogP contribution in [0, 0.1) is 18.1 Å². The zero-order chi connectivity index (χ0) is 33.9. The molecule has 0 N–H and O–H groups in total. The summed E-state index contributed by atoms with van der Waals surface area (Å²) in [5, 5.41) is 3.71. The van der Waals surface area contributed by atoms with Crippen LogP contribution in [0.4, 0.5) is 0 Å². The van der Waals surface area contributed by atoms with Gasteiger partial charge in [-0.3, -0.25) is 0 Å². The summed E-state index contributed by atoms with van der Waals surface area (Å²) in [4.78, 5) is 9.33. The van der Waals surface area contributed by atoms with E-state index in [0.29, 0.717) is 5.92 Å². The van der Waals surface area contributed by atoms with Crippen molar-refractivity contribution in [2.24, 2.45) is 5.92 Å². The molecule has 0 spiro atoms. The molecule has 0 unspecified atom stereocenters. The van der Waals surface area contributed by atoms with Crippen molar-refractivity contribution in [3.05, 3.63) is 150 Å². The zero-order valence-corrected chi connectivity index (χ0v) is 32.9. The molecule has 4 aromatic carbocycles. The quantitative estimate of drug-likeness (QED) is 0.119. The number of hydrogen-bond donors (Lipinski definition) is 0. The molecule has 7 rings (SSSR count). The Morgan fingerprint density at radius 2 is 1.47 bits per heavy atom. The van der Waals surface area contributed by atoms with Gasteiger partial charge in [-0.25, -0.2) is 0 Å². The van der Waals surface area contributed by atoms with E-state index in [1.807, 2.05) is 48.7 Å². The average molecular weight is 837 g/mol. The molecule has 3 heterocycles. The molecule has 3 nitrogen and oxygen atoms in total. The molecule has 7 aromatic rings. The Kier molecular flexibility index (Phi) is 11.2.